The highest BCUT2D eigenvalue weighted by Gasteiger charge is 2.19. The minimum atomic E-state index is 0. The van der Waals surface area contributed by atoms with Crippen molar-refractivity contribution in [3.8, 4) is 17.2 Å². The standard InChI is InChI=1S/C17H21N3O3.ClH/c1-20(2)16-5-4-12(10-19-16)8-18-9-13-6-14(21-3)17-15(7-13)22-11-23-17;/h4-7,10,18H,8-9,11H2,1-3H3;1H. The number of nitrogens with zero attached hydrogens (tertiary/aromatic N) is 2. The Morgan fingerprint density at radius 2 is 1.96 bits per heavy atom. The summed E-state index contributed by atoms with van der Waals surface area (Å²) in [6.07, 6.45) is 1.89. The summed E-state index contributed by atoms with van der Waals surface area (Å²) in [5.41, 5.74) is 2.23. The number of pyridine rings is 1. The second kappa shape index (κ2) is 8.08. The molecule has 0 saturated heterocycles. The van der Waals surface area contributed by atoms with Crippen LogP contribution in [-0.2, 0) is 13.1 Å². The molecule has 0 unspecified atom stereocenters. The van der Waals surface area contributed by atoms with E-state index in [1.54, 1.807) is 7.11 Å². The Kier molecular flexibility index (Phi) is 6.11. The second-order valence-corrected chi connectivity index (χ2v) is 5.55. The van der Waals surface area contributed by atoms with Crippen LogP contribution < -0.4 is 24.4 Å². The molecule has 6 nitrogen and oxygen atoms in total. The number of anilines is 1. The number of rotatable bonds is 6. The molecule has 0 radical (unpaired) electrons. The monoisotopic (exact) mass is 351 g/mol. The van der Waals surface area contributed by atoms with E-state index in [9.17, 15) is 0 Å². The molecule has 1 aromatic carbocycles. The molecule has 1 N–H and O–H groups in total. The predicted octanol–water partition coefficient (Wildman–Crippen LogP) is 2.60. The van der Waals surface area contributed by atoms with Crippen molar-refractivity contribution in [1.82, 2.24) is 10.3 Å². The summed E-state index contributed by atoms with van der Waals surface area (Å²) in [7, 11) is 5.59. The lowest BCUT2D eigenvalue weighted by Gasteiger charge is -2.12. The van der Waals surface area contributed by atoms with Gasteiger partial charge in [-0.05, 0) is 29.3 Å². The third kappa shape index (κ3) is 4.01. The highest BCUT2D eigenvalue weighted by molar-refractivity contribution is 5.85. The molecule has 0 aliphatic carbocycles. The molecule has 2 aromatic rings. The van der Waals surface area contributed by atoms with Crippen molar-refractivity contribution in [3.05, 3.63) is 41.6 Å². The van der Waals surface area contributed by atoms with Crippen LogP contribution in [0.5, 0.6) is 17.2 Å². The van der Waals surface area contributed by atoms with Gasteiger partial charge in [-0.1, -0.05) is 6.07 Å². The fourth-order valence-corrected chi connectivity index (χ4v) is 2.42. The molecule has 0 saturated carbocycles. The topological polar surface area (TPSA) is 55.9 Å². The van der Waals surface area contributed by atoms with Gasteiger partial charge in [0.1, 0.15) is 5.82 Å². The molecule has 0 bridgehead atoms. The summed E-state index contributed by atoms with van der Waals surface area (Å²) in [5.74, 6) is 3.07. The van der Waals surface area contributed by atoms with Gasteiger partial charge in [0.25, 0.3) is 0 Å². The number of hydrogen-bond acceptors (Lipinski definition) is 6. The summed E-state index contributed by atoms with van der Waals surface area (Å²) >= 11 is 0. The van der Waals surface area contributed by atoms with Crippen molar-refractivity contribution < 1.29 is 14.2 Å². The molecule has 3 rings (SSSR count). The van der Waals surface area contributed by atoms with E-state index < -0.39 is 0 Å². The number of ether oxygens (including phenoxy) is 3. The lowest BCUT2D eigenvalue weighted by Crippen LogP contribution is -2.14. The number of fused-ring (bicyclic) bond motifs is 1. The Bertz CT molecular complexity index is 678. The van der Waals surface area contributed by atoms with Gasteiger partial charge in [-0.25, -0.2) is 4.98 Å². The molecule has 0 amide bonds. The third-order valence-corrected chi connectivity index (χ3v) is 3.64. The van der Waals surface area contributed by atoms with Crippen molar-refractivity contribution in [1.29, 1.82) is 0 Å². The highest BCUT2D eigenvalue weighted by atomic mass is 35.5. The van der Waals surface area contributed by atoms with Crippen molar-refractivity contribution in [3.63, 3.8) is 0 Å². The predicted molar refractivity (Wildman–Crippen MR) is 95.5 cm³/mol. The first-order valence-electron chi connectivity index (χ1n) is 7.47. The summed E-state index contributed by atoms with van der Waals surface area (Å²) in [6, 6.07) is 8.04. The molecule has 2 heterocycles. The van der Waals surface area contributed by atoms with Gasteiger partial charge in [0.05, 0.1) is 7.11 Å². The zero-order valence-corrected chi connectivity index (χ0v) is 14.9. The van der Waals surface area contributed by atoms with Gasteiger partial charge >= 0.3 is 0 Å². The van der Waals surface area contributed by atoms with Crippen LogP contribution in [0.1, 0.15) is 11.1 Å². The Hall–Kier alpha value is -2.18. The van der Waals surface area contributed by atoms with Gasteiger partial charge in [0, 0.05) is 33.4 Å². The van der Waals surface area contributed by atoms with Crippen LogP contribution in [0.4, 0.5) is 5.82 Å². The molecular formula is C17H22ClN3O3. The Labute approximate surface area is 148 Å². The summed E-state index contributed by atoms with van der Waals surface area (Å²) in [4.78, 5) is 6.39. The number of nitrogens with one attached hydrogen (secondary N) is 1. The lowest BCUT2D eigenvalue weighted by atomic mass is 10.1. The normalized spacial score (nSPS) is 11.8. The molecule has 0 fully saturated rings. The molecule has 130 valence electrons. The Balaban J connectivity index is 0.00000208. The molecule has 0 atom stereocenters. The van der Waals surface area contributed by atoms with Crippen molar-refractivity contribution in [2.45, 2.75) is 13.1 Å². The van der Waals surface area contributed by atoms with Gasteiger partial charge < -0.3 is 24.4 Å². The quantitative estimate of drug-likeness (QED) is 0.863. The van der Waals surface area contributed by atoms with Gasteiger partial charge in [0.2, 0.25) is 12.5 Å². The molecule has 7 heteroatoms. The zero-order chi connectivity index (χ0) is 16.2. The van der Waals surface area contributed by atoms with Crippen LogP contribution in [-0.4, -0.2) is 33.0 Å². The van der Waals surface area contributed by atoms with E-state index >= 15 is 0 Å². The number of benzene rings is 1. The van der Waals surface area contributed by atoms with Crippen molar-refractivity contribution in [2.24, 2.45) is 0 Å². The van der Waals surface area contributed by atoms with E-state index in [2.05, 4.69) is 16.4 Å². The van der Waals surface area contributed by atoms with Crippen LogP contribution >= 0.6 is 12.4 Å². The Morgan fingerprint density at radius 3 is 2.62 bits per heavy atom. The molecular weight excluding hydrogens is 330 g/mol. The van der Waals surface area contributed by atoms with Crippen LogP contribution in [0, 0.1) is 0 Å². The zero-order valence-electron chi connectivity index (χ0n) is 14.0. The van der Waals surface area contributed by atoms with Crippen LogP contribution in [0.2, 0.25) is 0 Å². The fourth-order valence-electron chi connectivity index (χ4n) is 2.42. The largest absolute Gasteiger partial charge is 0.493 e. The van der Waals surface area contributed by atoms with E-state index in [-0.39, 0.29) is 19.2 Å². The SMILES string of the molecule is COc1cc(CNCc2ccc(N(C)C)nc2)cc2c1OCO2.Cl. The van der Waals surface area contributed by atoms with E-state index in [0.717, 1.165) is 29.2 Å². The minimum Gasteiger partial charge on any atom is -0.493 e. The first-order chi connectivity index (χ1) is 11.2. The summed E-state index contributed by atoms with van der Waals surface area (Å²) in [5, 5.41) is 3.40. The van der Waals surface area contributed by atoms with E-state index in [0.29, 0.717) is 18.0 Å². The van der Waals surface area contributed by atoms with Gasteiger partial charge in [-0.2, -0.15) is 0 Å². The molecule has 0 spiro atoms. The number of halogens is 1. The van der Waals surface area contributed by atoms with Gasteiger partial charge in [-0.15, -0.1) is 12.4 Å². The van der Waals surface area contributed by atoms with Gasteiger partial charge in [-0.3, -0.25) is 0 Å². The molecule has 1 aliphatic rings. The first-order valence-corrected chi connectivity index (χ1v) is 7.47. The second-order valence-electron chi connectivity index (χ2n) is 5.55. The highest BCUT2D eigenvalue weighted by Crippen LogP contribution is 2.41. The number of methoxy groups -OCH3 is 1. The fraction of sp³-hybridized carbons (Fsp3) is 0.353. The number of aromatic nitrogens is 1. The lowest BCUT2D eigenvalue weighted by molar-refractivity contribution is 0.171. The van der Waals surface area contributed by atoms with Crippen LogP contribution in [0.3, 0.4) is 0 Å². The summed E-state index contributed by atoms with van der Waals surface area (Å²) < 4.78 is 16.2. The average molecular weight is 352 g/mol. The number of hydrogen-bond donors (Lipinski definition) is 1. The molecule has 24 heavy (non-hydrogen) atoms. The van der Waals surface area contributed by atoms with E-state index in [4.69, 9.17) is 14.2 Å². The van der Waals surface area contributed by atoms with Crippen molar-refractivity contribution >= 4 is 18.2 Å². The van der Waals surface area contributed by atoms with Crippen LogP contribution in [0.15, 0.2) is 30.5 Å². The average Bonchev–Trinajstić information content (AvgIpc) is 3.03. The van der Waals surface area contributed by atoms with Crippen molar-refractivity contribution in [2.75, 3.05) is 32.9 Å². The van der Waals surface area contributed by atoms with Gasteiger partial charge in [0.15, 0.2) is 11.5 Å². The summed E-state index contributed by atoms with van der Waals surface area (Å²) in [6.45, 7) is 1.70. The maximum absolute atomic E-state index is 5.44. The third-order valence-electron chi connectivity index (χ3n) is 3.64. The van der Waals surface area contributed by atoms with Crippen LogP contribution in [0.25, 0.3) is 0 Å². The molecule has 1 aromatic heterocycles. The smallest absolute Gasteiger partial charge is 0.231 e. The minimum absolute atomic E-state index is 0. The van der Waals surface area contributed by atoms with E-state index in [1.165, 1.54) is 0 Å². The maximum atomic E-state index is 5.44. The maximum Gasteiger partial charge on any atom is 0.231 e. The molecule has 1 aliphatic heterocycles. The van der Waals surface area contributed by atoms with E-state index in [1.807, 2.05) is 43.4 Å². The Morgan fingerprint density at radius 1 is 1.17 bits per heavy atom. The first kappa shape index (κ1) is 18.2.